The van der Waals surface area contributed by atoms with Crippen molar-refractivity contribution in [1.29, 1.82) is 0 Å². The number of nitrogens with two attached hydrogens (primary N) is 1. The topological polar surface area (TPSA) is 89.1 Å². The number of pyridine rings is 1. The van der Waals surface area contributed by atoms with Crippen molar-refractivity contribution in [3.63, 3.8) is 0 Å². The van der Waals surface area contributed by atoms with Crippen LogP contribution in [0.15, 0.2) is 67.5 Å². The third-order valence-electron chi connectivity index (χ3n) is 7.42. The minimum atomic E-state index is 0.280. The van der Waals surface area contributed by atoms with Crippen LogP contribution in [0.5, 0.6) is 0 Å². The number of nitrogens with one attached hydrogen (secondary N) is 1. The first kappa shape index (κ1) is 22.5. The van der Waals surface area contributed by atoms with E-state index in [2.05, 4.69) is 56.8 Å². The highest BCUT2D eigenvalue weighted by atomic mass is 16.2. The lowest BCUT2D eigenvalue weighted by atomic mass is 10.0. The predicted octanol–water partition coefficient (Wildman–Crippen LogP) is 4.95. The largest absolute Gasteiger partial charge is 0.342 e. The Bertz CT molecular complexity index is 1440. The van der Waals surface area contributed by atoms with E-state index in [0.29, 0.717) is 11.8 Å². The number of hydrogen-bond donors (Lipinski definition) is 2. The zero-order chi connectivity index (χ0) is 24.6. The molecule has 36 heavy (non-hydrogen) atoms. The Kier molecular flexibility index (Phi) is 5.77. The standard InChI is InChI=1S/C29H30N6O/c1-2-20-3-10-24(15-25(20)33-30)21-4-6-22(7-5-21)28-32-26-16-31-13-11-27(26)35(28)18-19-12-14-34(17-19)29(36)23-8-9-23/h2-7,10-11,13,15-16,19,23,33H,1,8-9,12,14,17-18,30H2/t19-/m1/s1. The molecule has 3 heterocycles. The van der Waals surface area contributed by atoms with E-state index in [0.717, 1.165) is 83.7 Å². The number of hydrogen-bond acceptors (Lipinski definition) is 5. The van der Waals surface area contributed by atoms with E-state index in [4.69, 9.17) is 10.8 Å². The van der Waals surface area contributed by atoms with E-state index >= 15 is 0 Å². The van der Waals surface area contributed by atoms with Crippen molar-refractivity contribution in [3.05, 3.63) is 73.1 Å². The van der Waals surface area contributed by atoms with Gasteiger partial charge in [0.25, 0.3) is 0 Å². The summed E-state index contributed by atoms with van der Waals surface area (Å²) < 4.78 is 2.30. The van der Waals surface area contributed by atoms with Gasteiger partial charge in [-0.2, -0.15) is 0 Å². The van der Waals surface area contributed by atoms with Crippen LogP contribution in [0.1, 0.15) is 24.8 Å². The number of likely N-dealkylation sites (tertiary alicyclic amines) is 1. The summed E-state index contributed by atoms with van der Waals surface area (Å²) in [4.78, 5) is 23.9. The van der Waals surface area contributed by atoms with Crippen molar-refractivity contribution in [2.75, 3.05) is 18.5 Å². The number of hydrazine groups is 1. The van der Waals surface area contributed by atoms with Crippen molar-refractivity contribution in [2.24, 2.45) is 17.7 Å². The molecule has 2 aromatic carbocycles. The molecule has 0 radical (unpaired) electrons. The van der Waals surface area contributed by atoms with Crippen LogP contribution in [0.4, 0.5) is 5.69 Å². The van der Waals surface area contributed by atoms with Gasteiger partial charge in [0.2, 0.25) is 5.91 Å². The van der Waals surface area contributed by atoms with E-state index in [-0.39, 0.29) is 5.92 Å². The maximum absolute atomic E-state index is 12.6. The number of anilines is 1. The molecule has 0 spiro atoms. The molecule has 182 valence electrons. The molecule has 1 aliphatic carbocycles. The molecular formula is C29H30N6O. The molecule has 2 aliphatic rings. The Morgan fingerprint density at radius 2 is 1.86 bits per heavy atom. The Morgan fingerprint density at radius 1 is 1.08 bits per heavy atom. The van der Waals surface area contributed by atoms with Crippen molar-refractivity contribution in [1.82, 2.24) is 19.4 Å². The van der Waals surface area contributed by atoms with Gasteiger partial charge in [0.15, 0.2) is 0 Å². The van der Waals surface area contributed by atoms with E-state index < -0.39 is 0 Å². The summed E-state index contributed by atoms with van der Waals surface area (Å²) in [6.45, 7) is 6.37. The third kappa shape index (κ3) is 4.16. The molecule has 0 unspecified atom stereocenters. The minimum absolute atomic E-state index is 0.280. The molecule has 4 aromatic rings. The first-order valence-electron chi connectivity index (χ1n) is 12.6. The molecule has 1 aliphatic heterocycles. The second kappa shape index (κ2) is 9.24. The Hall–Kier alpha value is -3.97. The number of nitrogen functional groups attached to an aromatic ring is 1. The van der Waals surface area contributed by atoms with Crippen LogP contribution in [0.2, 0.25) is 0 Å². The molecule has 3 N–H and O–H groups in total. The monoisotopic (exact) mass is 478 g/mol. The molecule has 7 heteroatoms. The Labute approximate surface area is 210 Å². The smallest absolute Gasteiger partial charge is 0.225 e. The molecule has 2 fully saturated rings. The second-order valence-corrected chi connectivity index (χ2v) is 9.85. The highest BCUT2D eigenvalue weighted by Gasteiger charge is 2.36. The molecule has 7 nitrogen and oxygen atoms in total. The van der Waals surface area contributed by atoms with Gasteiger partial charge in [-0.3, -0.25) is 15.6 Å². The zero-order valence-electron chi connectivity index (χ0n) is 20.2. The lowest BCUT2D eigenvalue weighted by Crippen LogP contribution is -2.30. The molecule has 1 saturated carbocycles. The summed E-state index contributed by atoms with van der Waals surface area (Å²) in [6.07, 6.45) is 8.57. The number of fused-ring (bicyclic) bond motifs is 1. The Morgan fingerprint density at radius 3 is 2.61 bits per heavy atom. The van der Waals surface area contributed by atoms with Crippen LogP contribution in [0, 0.1) is 11.8 Å². The van der Waals surface area contributed by atoms with Gasteiger partial charge in [-0.05, 0) is 54.0 Å². The van der Waals surface area contributed by atoms with Crippen LogP contribution in [0.3, 0.4) is 0 Å². The zero-order valence-corrected chi connectivity index (χ0v) is 20.2. The molecule has 1 atom stereocenters. The average molecular weight is 479 g/mol. The van der Waals surface area contributed by atoms with Gasteiger partial charge in [-0.25, -0.2) is 4.98 Å². The first-order valence-corrected chi connectivity index (χ1v) is 12.6. The molecular weight excluding hydrogens is 448 g/mol. The average Bonchev–Trinajstić information content (AvgIpc) is 3.57. The SMILES string of the molecule is C=Cc1ccc(-c2ccc(-c3nc4cnccc4n3C[C@@H]3CCN(C(=O)C4CC4)C3)cc2)cc1NN. The summed E-state index contributed by atoms with van der Waals surface area (Å²) in [5.41, 5.74) is 9.75. The van der Waals surface area contributed by atoms with Gasteiger partial charge in [0.05, 0.1) is 17.4 Å². The molecule has 1 amide bonds. The van der Waals surface area contributed by atoms with Crippen LogP contribution in [-0.4, -0.2) is 38.4 Å². The lowest BCUT2D eigenvalue weighted by molar-refractivity contribution is -0.131. The quantitative estimate of drug-likeness (QED) is 0.290. The summed E-state index contributed by atoms with van der Waals surface area (Å²) in [5, 5.41) is 0. The molecule has 6 rings (SSSR count). The highest BCUT2D eigenvalue weighted by molar-refractivity contribution is 5.82. The Balaban J connectivity index is 1.29. The normalized spacial score (nSPS) is 17.5. The van der Waals surface area contributed by atoms with Crippen LogP contribution >= 0.6 is 0 Å². The fourth-order valence-electron chi connectivity index (χ4n) is 5.27. The number of imidazole rings is 1. The number of carbonyl (C=O) groups is 1. The van der Waals surface area contributed by atoms with Gasteiger partial charge in [0, 0.05) is 37.3 Å². The fourth-order valence-corrected chi connectivity index (χ4v) is 5.27. The minimum Gasteiger partial charge on any atom is -0.342 e. The van der Waals surface area contributed by atoms with Crippen molar-refractivity contribution >= 4 is 28.7 Å². The molecule has 1 saturated heterocycles. The van der Waals surface area contributed by atoms with Gasteiger partial charge in [0.1, 0.15) is 11.3 Å². The van der Waals surface area contributed by atoms with E-state index in [1.54, 1.807) is 6.08 Å². The number of benzene rings is 2. The predicted molar refractivity (Wildman–Crippen MR) is 144 cm³/mol. The van der Waals surface area contributed by atoms with Crippen LogP contribution < -0.4 is 11.3 Å². The van der Waals surface area contributed by atoms with Crippen molar-refractivity contribution < 1.29 is 4.79 Å². The number of aromatic nitrogens is 3. The number of rotatable bonds is 7. The van der Waals surface area contributed by atoms with Crippen molar-refractivity contribution in [2.45, 2.75) is 25.8 Å². The lowest BCUT2D eigenvalue weighted by Gasteiger charge is -2.18. The van der Waals surface area contributed by atoms with Gasteiger partial charge in [-0.1, -0.05) is 49.1 Å². The van der Waals surface area contributed by atoms with E-state index in [1.807, 2.05) is 30.6 Å². The van der Waals surface area contributed by atoms with Crippen molar-refractivity contribution in [3.8, 4) is 22.5 Å². The summed E-state index contributed by atoms with van der Waals surface area (Å²) in [5.74, 6) is 7.68. The number of carbonyl (C=O) groups excluding carboxylic acids is 1. The maximum atomic E-state index is 12.6. The third-order valence-corrected chi connectivity index (χ3v) is 7.42. The summed E-state index contributed by atoms with van der Waals surface area (Å²) >= 11 is 0. The van der Waals surface area contributed by atoms with Gasteiger partial charge in [-0.15, -0.1) is 0 Å². The second-order valence-electron chi connectivity index (χ2n) is 9.85. The fraction of sp³-hybridized carbons (Fsp3) is 0.276. The number of amides is 1. The van der Waals surface area contributed by atoms with Gasteiger partial charge < -0.3 is 14.9 Å². The van der Waals surface area contributed by atoms with Crippen LogP contribution in [0.25, 0.3) is 39.6 Å². The van der Waals surface area contributed by atoms with E-state index in [9.17, 15) is 4.79 Å². The highest BCUT2D eigenvalue weighted by Crippen LogP contribution is 2.34. The van der Waals surface area contributed by atoms with Gasteiger partial charge >= 0.3 is 0 Å². The molecule has 0 bridgehead atoms. The first-order chi connectivity index (χ1) is 17.6. The van der Waals surface area contributed by atoms with Crippen LogP contribution in [-0.2, 0) is 11.3 Å². The van der Waals surface area contributed by atoms with E-state index in [1.165, 1.54) is 0 Å². The number of nitrogens with zero attached hydrogens (tertiary/aromatic N) is 4. The maximum Gasteiger partial charge on any atom is 0.225 e. The summed E-state index contributed by atoms with van der Waals surface area (Å²) in [7, 11) is 0. The summed E-state index contributed by atoms with van der Waals surface area (Å²) in [6, 6.07) is 16.6. The molecule has 2 aromatic heterocycles.